The van der Waals surface area contributed by atoms with E-state index in [-0.39, 0.29) is 28.5 Å². The molecule has 0 spiro atoms. The molecule has 0 saturated carbocycles. The summed E-state index contributed by atoms with van der Waals surface area (Å²) in [7, 11) is 0. The van der Waals surface area contributed by atoms with Crippen LogP contribution in [0.3, 0.4) is 0 Å². The van der Waals surface area contributed by atoms with E-state index in [4.69, 9.17) is 21.1 Å². The molecule has 0 radical (unpaired) electrons. The fraction of sp³-hybridized carbons (Fsp3) is 0.0833. The zero-order valence-corrected chi connectivity index (χ0v) is 9.37. The lowest BCUT2D eigenvalue weighted by atomic mass is 10.1. The van der Waals surface area contributed by atoms with Gasteiger partial charge in [-0.1, -0.05) is 17.7 Å². The minimum Gasteiger partial charge on any atom is -0.481 e. The second kappa shape index (κ2) is 4.59. The maximum Gasteiger partial charge on any atom is 0.311 e. The molecule has 0 aliphatic rings. The summed E-state index contributed by atoms with van der Waals surface area (Å²) in [5.41, 5.74) is 0.144. The Morgan fingerprint density at radius 3 is 2.76 bits per heavy atom. The number of carboxylic acids is 1. The van der Waals surface area contributed by atoms with Crippen LogP contribution in [0.15, 0.2) is 34.7 Å². The van der Waals surface area contributed by atoms with Crippen LogP contribution in [0.1, 0.15) is 5.76 Å². The minimum absolute atomic E-state index is 0.144. The largest absolute Gasteiger partial charge is 0.481 e. The van der Waals surface area contributed by atoms with Gasteiger partial charge in [0.2, 0.25) is 0 Å². The number of carbonyl (C=O) groups is 1. The van der Waals surface area contributed by atoms with E-state index in [2.05, 4.69) is 0 Å². The standard InChI is InChI=1S/C12H8ClFO3/c13-8-2-1-3-9(14)12(8)10-5-4-7(17-10)6-11(15)16/h1-5H,6H2,(H,15,16). The lowest BCUT2D eigenvalue weighted by molar-refractivity contribution is -0.136. The van der Waals surface area contributed by atoms with Gasteiger partial charge in [0.05, 0.1) is 10.6 Å². The first-order valence-corrected chi connectivity index (χ1v) is 5.20. The molecule has 1 heterocycles. The molecule has 0 unspecified atom stereocenters. The maximum absolute atomic E-state index is 13.5. The van der Waals surface area contributed by atoms with Crippen molar-refractivity contribution in [3.05, 3.63) is 46.9 Å². The van der Waals surface area contributed by atoms with Crippen LogP contribution in [0.4, 0.5) is 4.39 Å². The van der Waals surface area contributed by atoms with E-state index >= 15 is 0 Å². The Hall–Kier alpha value is -1.81. The van der Waals surface area contributed by atoms with Crippen LogP contribution in [-0.4, -0.2) is 11.1 Å². The van der Waals surface area contributed by atoms with Crippen LogP contribution >= 0.6 is 11.6 Å². The summed E-state index contributed by atoms with van der Waals surface area (Å²) in [6, 6.07) is 7.29. The van der Waals surface area contributed by atoms with Crippen LogP contribution in [0.25, 0.3) is 11.3 Å². The average Bonchev–Trinajstić information content (AvgIpc) is 2.65. The molecule has 0 bridgehead atoms. The Kier molecular flexibility index (Phi) is 3.15. The Morgan fingerprint density at radius 2 is 2.12 bits per heavy atom. The molecular formula is C12H8ClFO3. The van der Waals surface area contributed by atoms with Gasteiger partial charge in [-0.15, -0.1) is 0 Å². The third kappa shape index (κ3) is 2.47. The highest BCUT2D eigenvalue weighted by Gasteiger charge is 2.14. The van der Waals surface area contributed by atoms with Crippen LogP contribution in [0, 0.1) is 5.82 Å². The van der Waals surface area contributed by atoms with Gasteiger partial charge in [0.25, 0.3) is 0 Å². The molecule has 0 aliphatic heterocycles. The van der Waals surface area contributed by atoms with Crippen molar-refractivity contribution < 1.29 is 18.7 Å². The number of furan rings is 1. The molecule has 2 aromatic rings. The quantitative estimate of drug-likeness (QED) is 0.914. The molecule has 1 N–H and O–H groups in total. The molecule has 0 saturated heterocycles. The number of hydrogen-bond donors (Lipinski definition) is 1. The summed E-state index contributed by atoms with van der Waals surface area (Å²) in [6.07, 6.45) is -0.244. The lowest BCUT2D eigenvalue weighted by Crippen LogP contribution is -1.97. The number of hydrogen-bond acceptors (Lipinski definition) is 2. The molecule has 17 heavy (non-hydrogen) atoms. The van der Waals surface area contributed by atoms with E-state index < -0.39 is 11.8 Å². The predicted molar refractivity (Wildman–Crippen MR) is 60.5 cm³/mol. The smallest absolute Gasteiger partial charge is 0.311 e. The van der Waals surface area contributed by atoms with Crippen molar-refractivity contribution in [2.75, 3.05) is 0 Å². The number of aliphatic carboxylic acids is 1. The van der Waals surface area contributed by atoms with Crippen molar-refractivity contribution >= 4 is 17.6 Å². The van der Waals surface area contributed by atoms with Gasteiger partial charge >= 0.3 is 5.97 Å². The highest BCUT2D eigenvalue weighted by atomic mass is 35.5. The number of rotatable bonds is 3. The van der Waals surface area contributed by atoms with Gasteiger partial charge in [-0.25, -0.2) is 4.39 Å². The van der Waals surface area contributed by atoms with Gasteiger partial charge in [-0.3, -0.25) is 4.79 Å². The fourth-order valence-electron chi connectivity index (χ4n) is 1.49. The summed E-state index contributed by atoms with van der Waals surface area (Å²) in [5.74, 6) is -1.03. The van der Waals surface area contributed by atoms with E-state index in [0.29, 0.717) is 0 Å². The first kappa shape index (κ1) is 11.7. The van der Waals surface area contributed by atoms with Crippen molar-refractivity contribution in [1.29, 1.82) is 0 Å². The predicted octanol–water partition coefficient (Wildman–Crippen LogP) is 3.37. The zero-order chi connectivity index (χ0) is 12.4. The third-order valence-corrected chi connectivity index (χ3v) is 2.51. The van der Waals surface area contributed by atoms with Crippen LogP contribution < -0.4 is 0 Å². The fourth-order valence-corrected chi connectivity index (χ4v) is 1.75. The maximum atomic E-state index is 13.5. The zero-order valence-electron chi connectivity index (χ0n) is 8.61. The second-order valence-corrected chi connectivity index (χ2v) is 3.84. The average molecular weight is 255 g/mol. The summed E-state index contributed by atoms with van der Waals surface area (Å²) in [4.78, 5) is 10.5. The van der Waals surface area contributed by atoms with Crippen molar-refractivity contribution in [3.63, 3.8) is 0 Å². The molecular weight excluding hydrogens is 247 g/mol. The normalized spacial score (nSPS) is 10.5. The van der Waals surface area contributed by atoms with E-state index in [9.17, 15) is 9.18 Å². The van der Waals surface area contributed by atoms with Crippen molar-refractivity contribution in [3.8, 4) is 11.3 Å². The van der Waals surface area contributed by atoms with Crippen LogP contribution in [0.5, 0.6) is 0 Å². The van der Waals surface area contributed by atoms with E-state index in [1.54, 1.807) is 6.07 Å². The number of benzene rings is 1. The molecule has 5 heteroatoms. The number of carboxylic acid groups (broad SMARTS) is 1. The minimum atomic E-state index is -1.01. The number of halogens is 2. The van der Waals surface area contributed by atoms with E-state index in [0.717, 1.165) is 0 Å². The third-order valence-electron chi connectivity index (χ3n) is 2.20. The summed E-state index contributed by atoms with van der Waals surface area (Å²) < 4.78 is 18.8. The molecule has 0 atom stereocenters. The molecule has 3 nitrogen and oxygen atoms in total. The van der Waals surface area contributed by atoms with E-state index in [1.165, 1.54) is 24.3 Å². The SMILES string of the molecule is O=C(O)Cc1ccc(-c2c(F)cccc2Cl)o1. The van der Waals surface area contributed by atoms with Gasteiger partial charge in [-0.2, -0.15) is 0 Å². The first-order chi connectivity index (χ1) is 8.08. The molecule has 1 aromatic carbocycles. The Balaban J connectivity index is 2.40. The van der Waals surface area contributed by atoms with Crippen molar-refractivity contribution in [2.45, 2.75) is 6.42 Å². The van der Waals surface area contributed by atoms with Crippen molar-refractivity contribution in [2.24, 2.45) is 0 Å². The molecule has 2 rings (SSSR count). The molecule has 0 fully saturated rings. The van der Waals surface area contributed by atoms with Gasteiger partial charge in [0.15, 0.2) is 0 Å². The molecule has 0 amide bonds. The highest BCUT2D eigenvalue weighted by molar-refractivity contribution is 6.33. The first-order valence-electron chi connectivity index (χ1n) is 4.83. The monoisotopic (exact) mass is 254 g/mol. The van der Waals surface area contributed by atoms with Gasteiger partial charge in [0, 0.05) is 0 Å². The summed E-state index contributed by atoms with van der Waals surface area (Å²) in [5, 5.41) is 8.82. The van der Waals surface area contributed by atoms with Crippen molar-refractivity contribution in [1.82, 2.24) is 0 Å². The molecule has 88 valence electrons. The molecule has 0 aliphatic carbocycles. The van der Waals surface area contributed by atoms with Gasteiger partial charge in [-0.05, 0) is 24.3 Å². The Labute approximate surface area is 101 Å². The Morgan fingerprint density at radius 1 is 1.35 bits per heavy atom. The van der Waals surface area contributed by atoms with Crippen LogP contribution in [-0.2, 0) is 11.2 Å². The Bertz CT molecular complexity index is 542. The summed E-state index contributed by atoms with van der Waals surface area (Å²) in [6.45, 7) is 0. The van der Waals surface area contributed by atoms with Crippen LogP contribution in [0.2, 0.25) is 5.02 Å². The van der Waals surface area contributed by atoms with Gasteiger partial charge < -0.3 is 9.52 Å². The molecule has 1 aromatic heterocycles. The second-order valence-electron chi connectivity index (χ2n) is 3.43. The van der Waals surface area contributed by atoms with Gasteiger partial charge in [0.1, 0.15) is 23.8 Å². The lowest BCUT2D eigenvalue weighted by Gasteiger charge is -2.01. The van der Waals surface area contributed by atoms with E-state index in [1.807, 2.05) is 0 Å². The summed E-state index contributed by atoms with van der Waals surface area (Å²) >= 11 is 5.86. The highest BCUT2D eigenvalue weighted by Crippen LogP contribution is 2.31. The topological polar surface area (TPSA) is 50.4 Å².